The van der Waals surface area contributed by atoms with Crippen molar-refractivity contribution in [2.45, 2.75) is 0 Å². The summed E-state index contributed by atoms with van der Waals surface area (Å²) in [5.74, 6) is 0. The molecule has 0 amide bonds. The first-order valence-corrected chi connectivity index (χ1v) is 19.3. The van der Waals surface area contributed by atoms with Crippen LogP contribution in [0.3, 0.4) is 0 Å². The Labute approximate surface area is 328 Å². The van der Waals surface area contributed by atoms with Crippen LogP contribution < -0.4 is 0 Å². The van der Waals surface area contributed by atoms with E-state index in [1.165, 1.54) is 54.4 Å². The van der Waals surface area contributed by atoms with Crippen molar-refractivity contribution in [3.63, 3.8) is 0 Å². The predicted molar refractivity (Wildman–Crippen MR) is 236 cm³/mol. The van der Waals surface area contributed by atoms with Gasteiger partial charge >= 0.3 is 0 Å². The molecule has 12 aromatic rings. The molecule has 12 rings (SSSR count). The highest BCUT2D eigenvalue weighted by Crippen LogP contribution is 2.40. The minimum absolute atomic E-state index is 1.06. The molecule has 0 saturated heterocycles. The van der Waals surface area contributed by atoms with Crippen molar-refractivity contribution < 1.29 is 0 Å². The molecule has 5 aromatic heterocycles. The number of aromatic nitrogens is 5. The third-order valence-electron chi connectivity index (χ3n) is 11.6. The normalized spacial score (nSPS) is 11.9. The van der Waals surface area contributed by atoms with E-state index in [-0.39, 0.29) is 0 Å². The van der Waals surface area contributed by atoms with Crippen molar-refractivity contribution >= 4 is 65.4 Å². The molecule has 0 radical (unpaired) electrons. The summed E-state index contributed by atoms with van der Waals surface area (Å²) in [6, 6.07) is 63.9. The quantitative estimate of drug-likeness (QED) is 0.177. The highest BCUT2D eigenvalue weighted by molar-refractivity contribution is 6.14. The highest BCUT2D eigenvalue weighted by Gasteiger charge is 2.20. The second kappa shape index (κ2) is 12.4. The standard InChI is InChI=1S/C52H33N5/c1-5-17-47-41(13-1)42-14-2-6-18-48(42)55(47)38-21-23-51-45(30-38)46-31-39(56-49-19-7-3-15-43(49)44-16-4-8-20-50(44)56)22-24-52(46)57(51)40-28-36(34-11-9-25-53-32-34)27-37(29-40)35-12-10-26-54-33-35/h1-33H. The van der Waals surface area contributed by atoms with Crippen molar-refractivity contribution in [3.8, 4) is 39.3 Å². The van der Waals surface area contributed by atoms with Crippen LogP contribution in [-0.4, -0.2) is 23.7 Å². The lowest BCUT2D eigenvalue weighted by atomic mass is 9.99. The molecule has 0 unspecified atom stereocenters. The van der Waals surface area contributed by atoms with Gasteiger partial charge in [-0.25, -0.2) is 0 Å². The van der Waals surface area contributed by atoms with Gasteiger partial charge < -0.3 is 13.7 Å². The van der Waals surface area contributed by atoms with Gasteiger partial charge in [0.25, 0.3) is 0 Å². The summed E-state index contributed by atoms with van der Waals surface area (Å²) in [6.45, 7) is 0. The molecule has 0 aliphatic carbocycles. The van der Waals surface area contributed by atoms with Gasteiger partial charge in [0, 0.05) is 85.3 Å². The summed E-state index contributed by atoms with van der Waals surface area (Å²) >= 11 is 0. The summed E-state index contributed by atoms with van der Waals surface area (Å²) in [5.41, 5.74) is 14.7. The molecule has 57 heavy (non-hydrogen) atoms. The zero-order valence-electron chi connectivity index (χ0n) is 30.8. The molecule has 0 aliphatic rings. The Kier molecular flexibility index (Phi) is 6.86. The SMILES string of the molecule is c1cncc(-c2cc(-c3cccnc3)cc(-n3c4ccc(-n5c6ccccc6c6ccccc65)cc4c4cc(-n5c6ccccc6c6ccccc65)ccc43)c2)c1. The monoisotopic (exact) mass is 727 g/mol. The molecule has 0 saturated carbocycles. The summed E-state index contributed by atoms with van der Waals surface area (Å²) in [4.78, 5) is 8.97. The Morgan fingerprint density at radius 1 is 0.263 bits per heavy atom. The van der Waals surface area contributed by atoms with Crippen LogP contribution in [0.4, 0.5) is 0 Å². The predicted octanol–water partition coefficient (Wildman–Crippen LogP) is 13.1. The summed E-state index contributed by atoms with van der Waals surface area (Å²) in [7, 11) is 0. The number of nitrogens with zero attached hydrogens (tertiary/aromatic N) is 5. The van der Waals surface area contributed by atoms with Crippen molar-refractivity contribution in [2.75, 3.05) is 0 Å². The van der Waals surface area contributed by atoms with Gasteiger partial charge in [0.1, 0.15) is 0 Å². The Hall–Kier alpha value is -7.76. The second-order valence-corrected chi connectivity index (χ2v) is 14.7. The lowest BCUT2D eigenvalue weighted by Gasteiger charge is -2.14. The second-order valence-electron chi connectivity index (χ2n) is 14.7. The minimum atomic E-state index is 1.06. The van der Waals surface area contributed by atoms with Crippen molar-refractivity contribution in [3.05, 3.63) is 201 Å². The minimum Gasteiger partial charge on any atom is -0.309 e. The lowest BCUT2D eigenvalue weighted by molar-refractivity contribution is 1.16. The van der Waals surface area contributed by atoms with E-state index >= 15 is 0 Å². The number of para-hydroxylation sites is 4. The first-order valence-electron chi connectivity index (χ1n) is 19.3. The van der Waals surface area contributed by atoms with E-state index in [9.17, 15) is 0 Å². The van der Waals surface area contributed by atoms with Crippen LogP contribution in [0.2, 0.25) is 0 Å². The smallest absolute Gasteiger partial charge is 0.0542 e. The zero-order chi connectivity index (χ0) is 37.5. The number of hydrogen-bond acceptors (Lipinski definition) is 2. The van der Waals surface area contributed by atoms with Crippen LogP contribution in [0.5, 0.6) is 0 Å². The largest absolute Gasteiger partial charge is 0.309 e. The van der Waals surface area contributed by atoms with Gasteiger partial charge in [-0.05, 0) is 102 Å². The van der Waals surface area contributed by atoms with Crippen molar-refractivity contribution in [1.29, 1.82) is 0 Å². The van der Waals surface area contributed by atoms with Crippen molar-refractivity contribution in [1.82, 2.24) is 23.7 Å². The summed E-state index contributed by atoms with van der Waals surface area (Å²) in [6.07, 6.45) is 7.53. The Balaban J connectivity index is 1.18. The maximum absolute atomic E-state index is 4.49. The van der Waals surface area contributed by atoms with Crippen LogP contribution in [0.1, 0.15) is 0 Å². The molecular formula is C52H33N5. The molecule has 0 fully saturated rings. The molecule has 266 valence electrons. The van der Waals surface area contributed by atoms with Gasteiger partial charge in [-0.2, -0.15) is 0 Å². The molecule has 5 heterocycles. The van der Waals surface area contributed by atoms with Gasteiger partial charge in [0.05, 0.1) is 33.1 Å². The fourth-order valence-electron chi connectivity index (χ4n) is 9.10. The van der Waals surface area contributed by atoms with Crippen molar-refractivity contribution in [2.24, 2.45) is 0 Å². The van der Waals surface area contributed by atoms with E-state index in [0.717, 1.165) is 50.3 Å². The third kappa shape index (κ3) is 4.82. The maximum atomic E-state index is 4.49. The Morgan fingerprint density at radius 3 is 1.02 bits per heavy atom. The molecule has 0 atom stereocenters. The summed E-state index contributed by atoms with van der Waals surface area (Å²) in [5, 5.41) is 7.36. The fraction of sp³-hybridized carbons (Fsp3) is 0. The zero-order valence-corrected chi connectivity index (χ0v) is 30.8. The van der Waals surface area contributed by atoms with E-state index in [0.29, 0.717) is 0 Å². The van der Waals surface area contributed by atoms with Crippen LogP contribution in [-0.2, 0) is 0 Å². The van der Waals surface area contributed by atoms with Gasteiger partial charge in [-0.1, -0.05) is 84.9 Å². The number of pyridine rings is 2. The number of benzene rings is 7. The maximum Gasteiger partial charge on any atom is 0.0542 e. The van der Waals surface area contributed by atoms with Crippen LogP contribution in [0.15, 0.2) is 201 Å². The van der Waals surface area contributed by atoms with E-state index in [1.54, 1.807) is 0 Å². The topological polar surface area (TPSA) is 40.6 Å². The average molecular weight is 728 g/mol. The molecule has 0 aliphatic heterocycles. The van der Waals surface area contributed by atoms with Crippen LogP contribution in [0, 0.1) is 0 Å². The average Bonchev–Trinajstić information content (AvgIpc) is 3.92. The Morgan fingerprint density at radius 2 is 0.632 bits per heavy atom. The molecular weight excluding hydrogens is 695 g/mol. The number of hydrogen-bond donors (Lipinski definition) is 0. The molecule has 0 spiro atoms. The van der Waals surface area contributed by atoms with Gasteiger partial charge in [0.15, 0.2) is 0 Å². The first-order chi connectivity index (χ1) is 28.3. The molecule has 7 aromatic carbocycles. The third-order valence-corrected chi connectivity index (χ3v) is 11.6. The fourth-order valence-corrected chi connectivity index (χ4v) is 9.10. The van der Waals surface area contributed by atoms with Crippen LogP contribution in [0.25, 0.3) is 105 Å². The van der Waals surface area contributed by atoms with E-state index in [2.05, 4.69) is 187 Å². The summed E-state index contributed by atoms with van der Waals surface area (Å²) < 4.78 is 7.25. The van der Waals surface area contributed by atoms with Crippen LogP contribution >= 0.6 is 0 Å². The van der Waals surface area contributed by atoms with E-state index in [1.807, 2.05) is 36.9 Å². The highest BCUT2D eigenvalue weighted by atomic mass is 15.0. The molecule has 5 nitrogen and oxygen atoms in total. The molecule has 0 N–H and O–H groups in total. The van der Waals surface area contributed by atoms with E-state index in [4.69, 9.17) is 0 Å². The van der Waals surface area contributed by atoms with Gasteiger partial charge in [0.2, 0.25) is 0 Å². The van der Waals surface area contributed by atoms with Gasteiger partial charge in [-0.15, -0.1) is 0 Å². The number of fused-ring (bicyclic) bond motifs is 9. The first kappa shape index (κ1) is 31.6. The molecule has 5 heteroatoms. The number of rotatable bonds is 5. The molecule has 0 bridgehead atoms. The van der Waals surface area contributed by atoms with Gasteiger partial charge in [-0.3, -0.25) is 9.97 Å². The Bertz CT molecular complexity index is 3180. The van der Waals surface area contributed by atoms with E-state index < -0.39 is 0 Å². The lowest BCUT2D eigenvalue weighted by Crippen LogP contribution is -1.98.